The Morgan fingerprint density at radius 2 is 1.80 bits per heavy atom. The maximum atomic E-state index is 12.8. The molecule has 0 spiro atoms. The molecule has 2 aromatic carbocycles. The van der Waals surface area contributed by atoms with Crippen molar-refractivity contribution in [2.45, 2.75) is 62.9 Å². The molecule has 3 aromatic rings. The topological polar surface area (TPSA) is 79.4 Å². The van der Waals surface area contributed by atoms with Crippen LogP contribution in [-0.2, 0) is 11.2 Å². The number of nitrogens with one attached hydrogen (secondary N) is 2. The standard InChI is InChI=1S/C28H35N5O2/c1-33(2)27-23-6-4-5-7-25(23)31-28(32-27)30-21-13-11-20(12-14-21)29-26(34)16-19-9-8-18-10-15-22(35-3)17-24(18)19/h4-7,10,15,17,19-21H,8-9,11-14,16H2,1-3H3,(H,29,34)(H,30,31,32)/t19?,20-,21+. The van der Waals surface area contributed by atoms with E-state index in [1.54, 1.807) is 7.11 Å². The highest BCUT2D eigenvalue weighted by Crippen LogP contribution is 2.37. The second-order valence-electron chi connectivity index (χ2n) is 10.0. The third kappa shape index (κ3) is 5.19. The van der Waals surface area contributed by atoms with Crippen molar-refractivity contribution < 1.29 is 9.53 Å². The van der Waals surface area contributed by atoms with Gasteiger partial charge >= 0.3 is 0 Å². The SMILES string of the molecule is COc1ccc2c(c1)C(CC(=O)N[C@H]1CC[C@@H](Nc3nc(N(C)C)c4ccccc4n3)CC1)CC2. The molecule has 1 atom stereocenters. The molecule has 0 saturated heterocycles. The second kappa shape index (κ2) is 10.1. The fraction of sp³-hybridized carbons (Fsp3) is 0.464. The molecule has 1 unspecified atom stereocenters. The van der Waals surface area contributed by atoms with Gasteiger partial charge in [0.25, 0.3) is 0 Å². The van der Waals surface area contributed by atoms with Crippen LogP contribution in [0.2, 0.25) is 0 Å². The number of benzene rings is 2. The van der Waals surface area contributed by atoms with E-state index in [-0.39, 0.29) is 17.9 Å². The van der Waals surface area contributed by atoms with Crippen LogP contribution in [0.3, 0.4) is 0 Å². The molecule has 1 heterocycles. The number of fused-ring (bicyclic) bond motifs is 2. The molecule has 2 aliphatic carbocycles. The molecule has 0 radical (unpaired) electrons. The van der Waals surface area contributed by atoms with Crippen molar-refractivity contribution in [1.29, 1.82) is 0 Å². The quantitative estimate of drug-likeness (QED) is 0.519. The number of ether oxygens (including phenoxy) is 1. The highest BCUT2D eigenvalue weighted by atomic mass is 16.5. The van der Waals surface area contributed by atoms with Gasteiger partial charge in [-0.2, -0.15) is 4.98 Å². The van der Waals surface area contributed by atoms with E-state index in [0.717, 1.165) is 61.0 Å². The lowest BCUT2D eigenvalue weighted by atomic mass is 9.90. The smallest absolute Gasteiger partial charge is 0.225 e. The lowest BCUT2D eigenvalue weighted by Crippen LogP contribution is -2.40. The summed E-state index contributed by atoms with van der Waals surface area (Å²) >= 11 is 0. The summed E-state index contributed by atoms with van der Waals surface area (Å²) in [5.41, 5.74) is 3.57. The van der Waals surface area contributed by atoms with Gasteiger partial charge in [0.15, 0.2) is 0 Å². The van der Waals surface area contributed by atoms with Gasteiger partial charge in [0.1, 0.15) is 11.6 Å². The Hall–Kier alpha value is -3.35. The monoisotopic (exact) mass is 473 g/mol. The maximum Gasteiger partial charge on any atom is 0.225 e. The van der Waals surface area contributed by atoms with Gasteiger partial charge in [-0.3, -0.25) is 4.79 Å². The minimum Gasteiger partial charge on any atom is -0.497 e. The van der Waals surface area contributed by atoms with Crippen LogP contribution in [0.25, 0.3) is 10.9 Å². The van der Waals surface area contributed by atoms with Gasteiger partial charge in [0.2, 0.25) is 11.9 Å². The predicted octanol–water partition coefficient (Wildman–Crippen LogP) is 4.66. The van der Waals surface area contributed by atoms with Crippen LogP contribution >= 0.6 is 0 Å². The number of rotatable bonds is 7. The van der Waals surface area contributed by atoms with Crippen molar-refractivity contribution in [3.8, 4) is 5.75 Å². The van der Waals surface area contributed by atoms with Gasteiger partial charge in [-0.1, -0.05) is 18.2 Å². The second-order valence-corrected chi connectivity index (χ2v) is 10.0. The maximum absolute atomic E-state index is 12.8. The molecular formula is C28H35N5O2. The number of aryl methyl sites for hydroxylation is 1. The fourth-order valence-electron chi connectivity index (χ4n) is 5.55. The van der Waals surface area contributed by atoms with Crippen LogP contribution in [0.5, 0.6) is 5.75 Å². The number of amides is 1. The minimum absolute atomic E-state index is 0.163. The molecule has 35 heavy (non-hydrogen) atoms. The highest BCUT2D eigenvalue weighted by Gasteiger charge is 2.28. The summed E-state index contributed by atoms with van der Waals surface area (Å²) < 4.78 is 5.39. The van der Waals surface area contributed by atoms with Crippen LogP contribution in [0.15, 0.2) is 42.5 Å². The van der Waals surface area contributed by atoms with E-state index < -0.39 is 0 Å². The Bertz CT molecular complexity index is 1200. The van der Waals surface area contributed by atoms with Gasteiger partial charge in [-0.25, -0.2) is 4.98 Å². The van der Waals surface area contributed by atoms with E-state index in [1.165, 1.54) is 11.1 Å². The van der Waals surface area contributed by atoms with E-state index >= 15 is 0 Å². The Labute approximate surface area is 207 Å². The van der Waals surface area contributed by atoms with Crippen molar-refractivity contribution >= 4 is 28.6 Å². The molecule has 0 bridgehead atoms. The van der Waals surface area contributed by atoms with E-state index in [4.69, 9.17) is 14.7 Å². The van der Waals surface area contributed by atoms with E-state index in [2.05, 4.69) is 28.8 Å². The van der Waals surface area contributed by atoms with Gasteiger partial charge in [0.05, 0.1) is 12.6 Å². The number of para-hydroxylation sites is 1. The molecule has 0 aliphatic heterocycles. The largest absolute Gasteiger partial charge is 0.497 e. The number of hydrogen-bond donors (Lipinski definition) is 2. The molecule has 5 rings (SSSR count). The number of methoxy groups -OCH3 is 1. The van der Waals surface area contributed by atoms with E-state index in [9.17, 15) is 4.79 Å². The molecule has 1 aromatic heterocycles. The highest BCUT2D eigenvalue weighted by molar-refractivity contribution is 5.90. The summed E-state index contributed by atoms with van der Waals surface area (Å²) in [6, 6.07) is 14.9. The zero-order chi connectivity index (χ0) is 24.4. The number of hydrogen-bond acceptors (Lipinski definition) is 6. The number of carbonyl (C=O) groups excluding carboxylic acids is 1. The Balaban J connectivity index is 1.14. The first-order valence-corrected chi connectivity index (χ1v) is 12.7. The molecule has 2 aliphatic rings. The average molecular weight is 474 g/mol. The summed E-state index contributed by atoms with van der Waals surface area (Å²) in [6.45, 7) is 0. The molecule has 2 N–H and O–H groups in total. The van der Waals surface area contributed by atoms with Crippen LogP contribution < -0.4 is 20.3 Å². The Kier molecular flexibility index (Phi) is 6.75. The first-order valence-electron chi connectivity index (χ1n) is 12.7. The van der Waals surface area contributed by atoms with Crippen molar-refractivity contribution in [2.24, 2.45) is 0 Å². The normalized spacial score (nSPS) is 21.4. The van der Waals surface area contributed by atoms with Gasteiger partial charge in [0, 0.05) is 38.0 Å². The summed E-state index contributed by atoms with van der Waals surface area (Å²) in [5, 5.41) is 7.90. The number of anilines is 2. The van der Waals surface area contributed by atoms with Crippen molar-refractivity contribution in [2.75, 3.05) is 31.4 Å². The van der Waals surface area contributed by atoms with Gasteiger partial charge in [-0.05, 0) is 79.8 Å². The zero-order valence-electron chi connectivity index (χ0n) is 20.9. The number of nitrogens with zero attached hydrogens (tertiary/aromatic N) is 3. The van der Waals surface area contributed by atoms with Crippen LogP contribution in [-0.4, -0.2) is 49.2 Å². The third-order valence-corrected chi connectivity index (χ3v) is 7.42. The van der Waals surface area contributed by atoms with Crippen LogP contribution in [0.1, 0.15) is 55.6 Å². The Morgan fingerprint density at radius 3 is 2.57 bits per heavy atom. The molecular weight excluding hydrogens is 438 g/mol. The first-order chi connectivity index (χ1) is 17.0. The van der Waals surface area contributed by atoms with Crippen molar-refractivity contribution in [3.05, 3.63) is 53.6 Å². The molecule has 1 saturated carbocycles. The van der Waals surface area contributed by atoms with Gasteiger partial charge < -0.3 is 20.3 Å². The van der Waals surface area contributed by atoms with Crippen molar-refractivity contribution in [1.82, 2.24) is 15.3 Å². The minimum atomic E-state index is 0.163. The first kappa shape index (κ1) is 23.4. The predicted molar refractivity (Wildman–Crippen MR) is 140 cm³/mol. The zero-order valence-corrected chi connectivity index (χ0v) is 20.9. The summed E-state index contributed by atoms with van der Waals surface area (Å²) in [4.78, 5) is 24.4. The molecule has 7 nitrogen and oxygen atoms in total. The fourth-order valence-corrected chi connectivity index (χ4v) is 5.55. The van der Waals surface area contributed by atoms with Crippen molar-refractivity contribution in [3.63, 3.8) is 0 Å². The summed E-state index contributed by atoms with van der Waals surface area (Å²) in [7, 11) is 5.71. The van der Waals surface area contributed by atoms with Crippen LogP contribution in [0.4, 0.5) is 11.8 Å². The molecule has 7 heteroatoms. The van der Waals surface area contributed by atoms with E-state index in [1.807, 2.05) is 43.3 Å². The molecule has 1 fully saturated rings. The lowest BCUT2D eigenvalue weighted by molar-refractivity contribution is -0.122. The van der Waals surface area contributed by atoms with Crippen LogP contribution in [0, 0.1) is 0 Å². The lowest BCUT2D eigenvalue weighted by Gasteiger charge is -2.30. The average Bonchev–Trinajstić information content (AvgIpc) is 3.26. The number of aromatic nitrogens is 2. The Morgan fingerprint density at radius 1 is 1.03 bits per heavy atom. The summed E-state index contributed by atoms with van der Waals surface area (Å²) in [6.07, 6.45) is 6.54. The van der Waals surface area contributed by atoms with E-state index in [0.29, 0.717) is 18.4 Å². The molecule has 1 amide bonds. The third-order valence-electron chi connectivity index (χ3n) is 7.42. The number of carbonyl (C=O) groups is 1. The van der Waals surface area contributed by atoms with Gasteiger partial charge in [-0.15, -0.1) is 0 Å². The molecule has 184 valence electrons. The summed E-state index contributed by atoms with van der Waals surface area (Å²) in [5.74, 6) is 2.92.